The maximum atomic E-state index is 6.73. The van der Waals surface area contributed by atoms with E-state index in [1.165, 1.54) is 59.1 Å². The normalized spacial score (nSPS) is 15.8. The average Bonchev–Trinajstić information content (AvgIpc) is 2.46. The van der Waals surface area contributed by atoms with Crippen LogP contribution < -0.4 is 0 Å². The molecule has 3 rings (SSSR count). The minimum Gasteiger partial charge on any atom is -0.113 e. The molecule has 2 aromatic rings. The Morgan fingerprint density at radius 3 is 2.40 bits per heavy atom. The van der Waals surface area contributed by atoms with Crippen LogP contribution in [0.15, 0.2) is 36.4 Å². The van der Waals surface area contributed by atoms with Crippen molar-refractivity contribution in [3.8, 4) is 0 Å². The van der Waals surface area contributed by atoms with E-state index in [0.29, 0.717) is 0 Å². The molecule has 0 saturated carbocycles. The van der Waals surface area contributed by atoms with E-state index in [-0.39, 0.29) is 5.38 Å². The summed E-state index contributed by atoms with van der Waals surface area (Å²) < 4.78 is 0. The number of alkyl halides is 1. The lowest BCUT2D eigenvalue weighted by Crippen LogP contribution is -2.05. The van der Waals surface area contributed by atoms with Gasteiger partial charge in [-0.15, -0.1) is 11.6 Å². The fourth-order valence-corrected chi connectivity index (χ4v) is 3.58. The van der Waals surface area contributed by atoms with Gasteiger partial charge in [-0.05, 0) is 67.3 Å². The van der Waals surface area contributed by atoms with Gasteiger partial charge in [0.2, 0.25) is 0 Å². The van der Waals surface area contributed by atoms with Gasteiger partial charge in [-0.25, -0.2) is 0 Å². The predicted octanol–water partition coefficient (Wildman–Crippen LogP) is 5.51. The number of halogens is 1. The smallest absolute Gasteiger partial charge is 0.0838 e. The minimum atomic E-state index is -0.0390. The van der Waals surface area contributed by atoms with Gasteiger partial charge in [-0.3, -0.25) is 0 Å². The van der Waals surface area contributed by atoms with Crippen LogP contribution in [0.25, 0.3) is 0 Å². The van der Waals surface area contributed by atoms with Gasteiger partial charge in [0.25, 0.3) is 0 Å². The summed E-state index contributed by atoms with van der Waals surface area (Å²) in [4.78, 5) is 0. The van der Waals surface area contributed by atoms with Crippen LogP contribution in [0.3, 0.4) is 0 Å². The van der Waals surface area contributed by atoms with Crippen LogP contribution in [0.2, 0.25) is 0 Å². The quantitative estimate of drug-likeness (QED) is 0.638. The second-order valence-electron chi connectivity index (χ2n) is 5.96. The van der Waals surface area contributed by atoms with Crippen LogP contribution >= 0.6 is 11.6 Å². The maximum Gasteiger partial charge on any atom is 0.0838 e. The molecule has 0 nitrogen and oxygen atoms in total. The van der Waals surface area contributed by atoms with Gasteiger partial charge >= 0.3 is 0 Å². The first-order valence-electron chi connectivity index (χ1n) is 7.48. The largest absolute Gasteiger partial charge is 0.113 e. The lowest BCUT2D eigenvalue weighted by Gasteiger charge is -2.19. The fourth-order valence-electron chi connectivity index (χ4n) is 3.20. The molecule has 1 aliphatic carbocycles. The van der Waals surface area contributed by atoms with Crippen molar-refractivity contribution in [2.45, 2.75) is 44.9 Å². The third-order valence-corrected chi connectivity index (χ3v) is 4.85. The van der Waals surface area contributed by atoms with Crippen molar-refractivity contribution < 1.29 is 0 Å². The summed E-state index contributed by atoms with van der Waals surface area (Å²) in [6.45, 7) is 4.27. The number of hydrogen-bond acceptors (Lipinski definition) is 0. The monoisotopic (exact) mass is 284 g/mol. The Labute approximate surface area is 126 Å². The fraction of sp³-hybridized carbons (Fsp3) is 0.368. The second-order valence-corrected chi connectivity index (χ2v) is 6.39. The third kappa shape index (κ3) is 2.62. The molecule has 0 saturated heterocycles. The number of rotatable bonds is 2. The molecule has 104 valence electrons. The molecule has 0 aliphatic heterocycles. The summed E-state index contributed by atoms with van der Waals surface area (Å²) in [7, 11) is 0. The van der Waals surface area contributed by atoms with Crippen LogP contribution in [0, 0.1) is 13.8 Å². The van der Waals surface area contributed by atoms with Gasteiger partial charge in [-0.1, -0.05) is 42.0 Å². The van der Waals surface area contributed by atoms with Crippen LogP contribution in [0.5, 0.6) is 0 Å². The number of hydrogen-bond donors (Lipinski definition) is 0. The van der Waals surface area contributed by atoms with Crippen molar-refractivity contribution in [2.75, 3.05) is 0 Å². The molecule has 0 aromatic heterocycles. The highest BCUT2D eigenvalue weighted by atomic mass is 35.5. The third-order valence-electron chi connectivity index (χ3n) is 4.36. The lowest BCUT2D eigenvalue weighted by molar-refractivity contribution is 0.684. The molecule has 0 radical (unpaired) electrons. The standard InChI is InChI=1S/C19H21Cl/c1-13-7-10-18(14(2)11-13)19(20)17-9-8-15-5-3-4-6-16(15)12-17/h7-12,19H,3-6H2,1-2H3. The molecule has 1 heteroatoms. The van der Waals surface area contributed by atoms with Crippen LogP contribution in [0.1, 0.15) is 51.6 Å². The van der Waals surface area contributed by atoms with Crippen molar-refractivity contribution in [3.05, 3.63) is 69.8 Å². The first-order valence-corrected chi connectivity index (χ1v) is 7.92. The highest BCUT2D eigenvalue weighted by Crippen LogP contribution is 2.33. The number of fused-ring (bicyclic) bond motifs is 1. The van der Waals surface area contributed by atoms with Gasteiger partial charge in [0.05, 0.1) is 5.38 Å². The molecule has 1 aliphatic rings. The molecular formula is C19H21Cl. The Hall–Kier alpha value is -1.27. The van der Waals surface area contributed by atoms with Gasteiger partial charge in [0, 0.05) is 0 Å². The Balaban J connectivity index is 1.95. The summed E-state index contributed by atoms with van der Waals surface area (Å²) in [5, 5.41) is -0.0390. The molecule has 1 unspecified atom stereocenters. The number of benzene rings is 2. The van der Waals surface area contributed by atoms with Crippen LogP contribution in [0.4, 0.5) is 0 Å². The summed E-state index contributed by atoms with van der Waals surface area (Å²) in [6.07, 6.45) is 5.08. The van der Waals surface area contributed by atoms with E-state index in [9.17, 15) is 0 Å². The Morgan fingerprint density at radius 1 is 0.900 bits per heavy atom. The van der Waals surface area contributed by atoms with Crippen molar-refractivity contribution in [1.82, 2.24) is 0 Å². The van der Waals surface area contributed by atoms with E-state index in [1.54, 1.807) is 0 Å². The topological polar surface area (TPSA) is 0 Å². The van der Waals surface area contributed by atoms with E-state index < -0.39 is 0 Å². The molecule has 0 N–H and O–H groups in total. The highest BCUT2D eigenvalue weighted by Gasteiger charge is 2.16. The van der Waals surface area contributed by atoms with Crippen LogP contribution in [-0.4, -0.2) is 0 Å². The molecule has 0 amide bonds. The second kappa shape index (κ2) is 5.61. The Kier molecular flexibility index (Phi) is 3.85. The minimum absolute atomic E-state index is 0.0390. The maximum absolute atomic E-state index is 6.73. The van der Waals surface area contributed by atoms with Crippen molar-refractivity contribution in [3.63, 3.8) is 0 Å². The first kappa shape index (κ1) is 13.7. The highest BCUT2D eigenvalue weighted by molar-refractivity contribution is 6.22. The van der Waals surface area contributed by atoms with Gasteiger partial charge in [0.1, 0.15) is 0 Å². The first-order chi connectivity index (χ1) is 9.65. The van der Waals surface area contributed by atoms with Crippen LogP contribution in [-0.2, 0) is 12.8 Å². The Bertz CT molecular complexity index is 628. The molecular weight excluding hydrogens is 264 g/mol. The molecule has 0 bridgehead atoms. The SMILES string of the molecule is Cc1ccc(C(Cl)c2ccc3c(c2)CCCC3)c(C)c1. The zero-order chi connectivity index (χ0) is 14.1. The molecule has 0 fully saturated rings. The summed E-state index contributed by atoms with van der Waals surface area (Å²) in [5.41, 5.74) is 8.06. The summed E-state index contributed by atoms with van der Waals surface area (Å²) in [5.74, 6) is 0. The molecule has 0 heterocycles. The van der Waals surface area contributed by atoms with Gasteiger partial charge in [0.15, 0.2) is 0 Å². The molecule has 2 aromatic carbocycles. The van der Waals surface area contributed by atoms with Gasteiger partial charge < -0.3 is 0 Å². The van der Waals surface area contributed by atoms with Crippen molar-refractivity contribution in [2.24, 2.45) is 0 Å². The molecule has 0 spiro atoms. The van der Waals surface area contributed by atoms with E-state index in [2.05, 4.69) is 50.2 Å². The van der Waals surface area contributed by atoms with E-state index in [0.717, 1.165) is 0 Å². The van der Waals surface area contributed by atoms with E-state index >= 15 is 0 Å². The van der Waals surface area contributed by atoms with Crippen molar-refractivity contribution >= 4 is 11.6 Å². The van der Waals surface area contributed by atoms with Crippen molar-refractivity contribution in [1.29, 1.82) is 0 Å². The molecule has 1 atom stereocenters. The Morgan fingerprint density at radius 2 is 1.65 bits per heavy atom. The summed E-state index contributed by atoms with van der Waals surface area (Å²) >= 11 is 6.73. The summed E-state index contributed by atoms with van der Waals surface area (Å²) in [6, 6.07) is 13.3. The zero-order valence-corrected chi connectivity index (χ0v) is 13.0. The zero-order valence-electron chi connectivity index (χ0n) is 12.2. The lowest BCUT2D eigenvalue weighted by atomic mass is 9.88. The van der Waals surface area contributed by atoms with E-state index in [1.807, 2.05) is 0 Å². The van der Waals surface area contributed by atoms with Gasteiger partial charge in [-0.2, -0.15) is 0 Å². The predicted molar refractivity (Wildman–Crippen MR) is 86.7 cm³/mol. The number of aryl methyl sites for hydroxylation is 4. The van der Waals surface area contributed by atoms with E-state index in [4.69, 9.17) is 11.6 Å². The average molecular weight is 285 g/mol. The molecule has 20 heavy (non-hydrogen) atoms.